The third-order valence-electron chi connectivity index (χ3n) is 3.40. The van der Waals surface area contributed by atoms with Crippen LogP contribution in [0.25, 0.3) is 22.1 Å². The fraction of sp³-hybridized carbons (Fsp3) is 0. The van der Waals surface area contributed by atoms with Gasteiger partial charge in [-0.3, -0.25) is 0 Å². The highest BCUT2D eigenvalue weighted by atomic mass is 35.5. The third kappa shape index (κ3) is 2.79. The Morgan fingerprint density at radius 1 is 1.13 bits per heavy atom. The zero-order valence-electron chi connectivity index (χ0n) is 11.8. The second-order valence-corrected chi connectivity index (χ2v) is 6.51. The summed E-state index contributed by atoms with van der Waals surface area (Å²) in [5, 5.41) is 1.33. The number of fused-ring (bicyclic) bond motifs is 1. The van der Waals surface area contributed by atoms with Crippen LogP contribution in [-0.2, 0) is 9.53 Å². The molecule has 4 rings (SSSR count). The number of thiazole rings is 1. The van der Waals surface area contributed by atoms with Gasteiger partial charge in [-0.1, -0.05) is 35.9 Å². The van der Waals surface area contributed by atoms with Gasteiger partial charge in [-0.2, -0.15) is 0 Å². The van der Waals surface area contributed by atoms with Crippen LogP contribution in [0.1, 0.15) is 10.6 Å². The van der Waals surface area contributed by atoms with E-state index in [1.165, 1.54) is 11.3 Å². The smallest absolute Gasteiger partial charge is 0.343 e. The topological polar surface area (TPSA) is 39.2 Å². The average Bonchev–Trinajstić information content (AvgIpc) is 3.11. The molecule has 0 amide bonds. The Kier molecular flexibility index (Phi) is 3.48. The molecule has 0 aliphatic carbocycles. The van der Waals surface area contributed by atoms with Crippen molar-refractivity contribution in [3.63, 3.8) is 0 Å². The number of carbonyl (C=O) groups excluding carboxylic acids is 1. The van der Waals surface area contributed by atoms with Gasteiger partial charge in [0.05, 0.1) is 15.8 Å². The van der Waals surface area contributed by atoms with Crippen molar-refractivity contribution in [3.8, 4) is 0 Å². The van der Waals surface area contributed by atoms with Crippen LogP contribution < -0.4 is 0 Å². The first-order valence-corrected chi connectivity index (χ1v) is 8.15. The van der Waals surface area contributed by atoms with Gasteiger partial charge in [-0.05, 0) is 42.0 Å². The van der Waals surface area contributed by atoms with Crippen LogP contribution in [-0.4, -0.2) is 11.0 Å². The van der Waals surface area contributed by atoms with Crippen molar-refractivity contribution in [3.05, 3.63) is 75.8 Å². The van der Waals surface area contributed by atoms with Crippen molar-refractivity contribution in [1.29, 1.82) is 0 Å². The highest BCUT2D eigenvalue weighted by molar-refractivity contribution is 7.19. The molecule has 2 heterocycles. The third-order valence-corrected chi connectivity index (χ3v) is 4.69. The highest BCUT2D eigenvalue weighted by Crippen LogP contribution is 2.32. The van der Waals surface area contributed by atoms with Gasteiger partial charge in [0.15, 0.2) is 10.8 Å². The summed E-state index contributed by atoms with van der Waals surface area (Å²) in [5.41, 5.74) is 2.24. The monoisotopic (exact) mass is 339 g/mol. The molecule has 5 heteroatoms. The fourth-order valence-electron chi connectivity index (χ4n) is 2.35. The zero-order chi connectivity index (χ0) is 15.8. The number of hydrogen-bond acceptors (Lipinski definition) is 4. The lowest BCUT2D eigenvalue weighted by Crippen LogP contribution is -1.96. The van der Waals surface area contributed by atoms with Gasteiger partial charge < -0.3 is 4.74 Å². The lowest BCUT2D eigenvalue weighted by molar-refractivity contribution is -0.130. The SMILES string of the molecule is O=C1OC(c2nc3ccccc3s2)=C/C1=C\c1cccc(Cl)c1. The Hall–Kier alpha value is -2.43. The Morgan fingerprint density at radius 2 is 2.00 bits per heavy atom. The second kappa shape index (κ2) is 5.65. The zero-order valence-corrected chi connectivity index (χ0v) is 13.4. The van der Waals surface area contributed by atoms with Crippen molar-refractivity contribution >= 4 is 51.0 Å². The van der Waals surface area contributed by atoms with E-state index < -0.39 is 0 Å². The molecule has 0 N–H and O–H groups in total. The summed E-state index contributed by atoms with van der Waals surface area (Å²) in [4.78, 5) is 16.6. The van der Waals surface area contributed by atoms with Gasteiger partial charge in [0.2, 0.25) is 0 Å². The number of halogens is 1. The molecule has 1 aliphatic rings. The summed E-state index contributed by atoms with van der Waals surface area (Å²) in [6, 6.07) is 15.1. The summed E-state index contributed by atoms with van der Waals surface area (Å²) >= 11 is 7.47. The van der Waals surface area contributed by atoms with Crippen molar-refractivity contribution in [1.82, 2.24) is 4.98 Å². The van der Waals surface area contributed by atoms with Gasteiger partial charge in [0.25, 0.3) is 0 Å². The van der Waals surface area contributed by atoms with Crippen molar-refractivity contribution in [2.75, 3.05) is 0 Å². The molecule has 3 aromatic rings. The molecule has 0 radical (unpaired) electrons. The number of carbonyl (C=O) groups is 1. The molecule has 3 nitrogen and oxygen atoms in total. The standard InChI is InChI=1S/C18H10ClNO2S/c19-13-5-3-4-11(9-13)8-12-10-15(22-18(12)21)17-20-14-6-1-2-7-16(14)23-17/h1-10H/b12-8+. The van der Waals surface area contributed by atoms with Crippen LogP contribution >= 0.6 is 22.9 Å². The minimum Gasteiger partial charge on any atom is -0.420 e. The quantitative estimate of drug-likeness (QED) is 0.491. The first-order valence-electron chi connectivity index (χ1n) is 6.96. The van der Waals surface area contributed by atoms with E-state index in [0.717, 1.165) is 15.8 Å². The Balaban J connectivity index is 1.72. The molecule has 1 aromatic heterocycles. The maximum absolute atomic E-state index is 12.1. The molecule has 112 valence electrons. The highest BCUT2D eigenvalue weighted by Gasteiger charge is 2.24. The average molecular weight is 340 g/mol. The molecule has 0 saturated carbocycles. The maximum atomic E-state index is 12.1. The predicted molar refractivity (Wildman–Crippen MR) is 93.1 cm³/mol. The van der Waals surface area contributed by atoms with E-state index in [9.17, 15) is 4.79 Å². The number of para-hydroxylation sites is 1. The van der Waals surface area contributed by atoms with Crippen LogP contribution in [0.5, 0.6) is 0 Å². The van der Waals surface area contributed by atoms with Crippen molar-refractivity contribution in [2.45, 2.75) is 0 Å². The first kappa shape index (κ1) is 14.2. The maximum Gasteiger partial charge on any atom is 0.343 e. The van der Waals surface area contributed by atoms with Gasteiger partial charge in [-0.25, -0.2) is 9.78 Å². The summed E-state index contributed by atoms with van der Waals surface area (Å²) in [5.74, 6) is 0.115. The van der Waals surface area contributed by atoms with Crippen molar-refractivity contribution in [2.24, 2.45) is 0 Å². The molecule has 23 heavy (non-hydrogen) atoms. The Labute approximate surface area is 141 Å². The van der Waals surface area contributed by atoms with Crippen LogP contribution in [0.15, 0.2) is 60.2 Å². The van der Waals surface area contributed by atoms with Gasteiger partial charge >= 0.3 is 5.97 Å². The van der Waals surface area contributed by atoms with Gasteiger partial charge in [-0.15, -0.1) is 11.3 Å². The van der Waals surface area contributed by atoms with E-state index in [0.29, 0.717) is 21.4 Å². The molecule has 0 atom stereocenters. The molecular weight excluding hydrogens is 330 g/mol. The lowest BCUT2D eigenvalue weighted by atomic mass is 10.1. The molecule has 0 saturated heterocycles. The molecule has 1 aliphatic heterocycles. The van der Waals surface area contributed by atoms with Crippen LogP contribution in [0.3, 0.4) is 0 Å². The van der Waals surface area contributed by atoms with E-state index in [1.54, 1.807) is 24.3 Å². The molecular formula is C18H10ClNO2S. The molecule has 0 bridgehead atoms. The number of benzene rings is 2. The fourth-order valence-corrected chi connectivity index (χ4v) is 3.47. The number of esters is 1. The van der Waals surface area contributed by atoms with Crippen LogP contribution in [0.4, 0.5) is 0 Å². The number of aromatic nitrogens is 1. The number of nitrogens with zero attached hydrogens (tertiary/aromatic N) is 1. The molecule has 0 fully saturated rings. The number of ether oxygens (including phenoxy) is 1. The number of cyclic esters (lactones) is 1. The minimum absolute atomic E-state index is 0.376. The van der Waals surface area contributed by atoms with Gasteiger partial charge in [0, 0.05) is 5.02 Å². The number of rotatable bonds is 2. The van der Waals surface area contributed by atoms with E-state index in [1.807, 2.05) is 36.4 Å². The summed E-state index contributed by atoms with van der Waals surface area (Å²) in [6.07, 6.45) is 3.48. The van der Waals surface area contributed by atoms with Crippen LogP contribution in [0, 0.1) is 0 Å². The summed E-state index contributed by atoms with van der Waals surface area (Å²) in [7, 11) is 0. The first-order chi connectivity index (χ1) is 11.2. The summed E-state index contributed by atoms with van der Waals surface area (Å²) in [6.45, 7) is 0. The van der Waals surface area contributed by atoms with E-state index in [-0.39, 0.29) is 5.97 Å². The minimum atomic E-state index is -0.376. The number of hydrogen-bond donors (Lipinski definition) is 0. The van der Waals surface area contributed by atoms with E-state index in [4.69, 9.17) is 16.3 Å². The Morgan fingerprint density at radius 3 is 2.83 bits per heavy atom. The van der Waals surface area contributed by atoms with Crippen molar-refractivity contribution < 1.29 is 9.53 Å². The van der Waals surface area contributed by atoms with E-state index >= 15 is 0 Å². The van der Waals surface area contributed by atoms with Gasteiger partial charge in [0.1, 0.15) is 0 Å². The van der Waals surface area contributed by atoms with Crippen LogP contribution in [0.2, 0.25) is 5.02 Å². The Bertz CT molecular complexity index is 954. The predicted octanol–water partition coefficient (Wildman–Crippen LogP) is 4.93. The van der Waals surface area contributed by atoms with E-state index in [2.05, 4.69) is 4.98 Å². The lowest BCUT2D eigenvalue weighted by Gasteiger charge is -1.96. The normalized spacial score (nSPS) is 16.0. The molecule has 2 aromatic carbocycles. The second-order valence-electron chi connectivity index (χ2n) is 5.04. The largest absolute Gasteiger partial charge is 0.420 e. The summed E-state index contributed by atoms with van der Waals surface area (Å²) < 4.78 is 6.42. The molecule has 0 unspecified atom stereocenters. The molecule has 0 spiro atoms.